The average Bonchev–Trinajstić information content (AvgIpc) is 2.72. The third kappa shape index (κ3) is 2.58. The van der Waals surface area contributed by atoms with Gasteiger partial charge in [-0.25, -0.2) is 0 Å². The monoisotopic (exact) mass is 209 g/mol. The van der Waals surface area contributed by atoms with Gasteiger partial charge in [-0.2, -0.15) is 0 Å². The molecule has 1 fully saturated rings. The lowest BCUT2D eigenvalue weighted by atomic mass is 9.85. The maximum absolute atomic E-state index is 6.18. The largest absolute Gasteiger partial charge is 0.323 e. The molecule has 0 radical (unpaired) electrons. The van der Waals surface area contributed by atoms with Gasteiger partial charge in [-0.1, -0.05) is 38.2 Å². The summed E-state index contributed by atoms with van der Waals surface area (Å²) in [6, 6.07) is 4.55. The van der Waals surface area contributed by atoms with E-state index in [1.807, 2.05) is 0 Å². The molecule has 78 valence electrons. The molecule has 1 aliphatic rings. The van der Waals surface area contributed by atoms with Crippen molar-refractivity contribution in [2.45, 2.75) is 44.6 Å². The molecule has 2 heteroatoms. The highest BCUT2D eigenvalue weighted by atomic mass is 32.1. The highest BCUT2D eigenvalue weighted by Gasteiger charge is 2.17. The fourth-order valence-corrected chi connectivity index (χ4v) is 3.14. The number of hydrogen-bond acceptors (Lipinski definition) is 2. The van der Waals surface area contributed by atoms with Gasteiger partial charge in [0.05, 0.1) is 0 Å². The second-order valence-electron chi connectivity index (χ2n) is 4.36. The molecule has 2 N–H and O–H groups in total. The summed E-state index contributed by atoms with van der Waals surface area (Å²) in [4.78, 5) is 1.36. The third-order valence-corrected chi connectivity index (χ3v) is 4.22. The van der Waals surface area contributed by atoms with E-state index in [0.29, 0.717) is 0 Å². The van der Waals surface area contributed by atoms with Crippen LogP contribution in [0.25, 0.3) is 0 Å². The normalized spacial score (nSPS) is 20.9. The number of hydrogen-bond donors (Lipinski definition) is 1. The van der Waals surface area contributed by atoms with Crippen LogP contribution in [0.3, 0.4) is 0 Å². The van der Waals surface area contributed by atoms with Gasteiger partial charge in [-0.15, -0.1) is 11.3 Å². The minimum absolute atomic E-state index is 0.290. The maximum Gasteiger partial charge on any atom is 0.0392 e. The van der Waals surface area contributed by atoms with Gasteiger partial charge in [0.1, 0.15) is 0 Å². The molecule has 1 nitrogen and oxygen atoms in total. The second-order valence-corrected chi connectivity index (χ2v) is 5.34. The Kier molecular flexibility index (Phi) is 3.60. The van der Waals surface area contributed by atoms with Gasteiger partial charge < -0.3 is 5.73 Å². The number of thiophene rings is 1. The smallest absolute Gasteiger partial charge is 0.0392 e. The molecule has 1 heterocycles. The molecule has 0 aromatic carbocycles. The van der Waals surface area contributed by atoms with E-state index in [0.717, 1.165) is 5.92 Å². The third-order valence-electron chi connectivity index (χ3n) is 3.22. The quantitative estimate of drug-likeness (QED) is 0.806. The highest BCUT2D eigenvalue weighted by Crippen LogP contribution is 2.31. The van der Waals surface area contributed by atoms with Crippen LogP contribution in [-0.4, -0.2) is 0 Å². The molecule has 0 amide bonds. The van der Waals surface area contributed by atoms with Crippen molar-refractivity contribution in [3.63, 3.8) is 0 Å². The Morgan fingerprint density at radius 3 is 2.79 bits per heavy atom. The summed E-state index contributed by atoms with van der Waals surface area (Å²) in [6.45, 7) is 0. The summed E-state index contributed by atoms with van der Waals surface area (Å²) in [7, 11) is 0. The summed E-state index contributed by atoms with van der Waals surface area (Å²) in [5, 5.41) is 2.12. The maximum atomic E-state index is 6.18. The van der Waals surface area contributed by atoms with E-state index in [2.05, 4.69) is 17.5 Å². The first-order valence-corrected chi connectivity index (χ1v) is 6.53. The van der Waals surface area contributed by atoms with Crippen LogP contribution in [0.4, 0.5) is 0 Å². The van der Waals surface area contributed by atoms with Crippen molar-refractivity contribution in [2.75, 3.05) is 0 Å². The Bertz CT molecular complexity index is 249. The summed E-state index contributed by atoms with van der Waals surface area (Å²) in [5.74, 6) is 0.890. The van der Waals surface area contributed by atoms with Crippen molar-refractivity contribution in [3.05, 3.63) is 22.4 Å². The predicted octanol–water partition coefficient (Wildman–Crippen LogP) is 3.72. The molecule has 2 rings (SSSR count). The molecule has 0 bridgehead atoms. The molecule has 14 heavy (non-hydrogen) atoms. The van der Waals surface area contributed by atoms with E-state index in [1.165, 1.54) is 43.4 Å². The van der Waals surface area contributed by atoms with Crippen molar-refractivity contribution >= 4 is 11.3 Å². The van der Waals surface area contributed by atoms with Gasteiger partial charge in [0.25, 0.3) is 0 Å². The molecule has 1 atom stereocenters. The van der Waals surface area contributed by atoms with Gasteiger partial charge in [-0.05, 0) is 23.8 Å². The SMILES string of the molecule is NC(CC1CCCCC1)c1cccs1. The predicted molar refractivity (Wildman–Crippen MR) is 62.4 cm³/mol. The van der Waals surface area contributed by atoms with E-state index >= 15 is 0 Å². The summed E-state index contributed by atoms with van der Waals surface area (Å²) in [6.07, 6.45) is 8.27. The van der Waals surface area contributed by atoms with Gasteiger partial charge in [-0.3, -0.25) is 0 Å². The number of rotatable bonds is 3. The lowest BCUT2D eigenvalue weighted by Gasteiger charge is -2.24. The topological polar surface area (TPSA) is 26.0 Å². The minimum Gasteiger partial charge on any atom is -0.323 e. The summed E-state index contributed by atoms with van der Waals surface area (Å²) < 4.78 is 0. The Hall–Kier alpha value is -0.340. The molecule has 1 aromatic rings. The standard InChI is InChI=1S/C12H19NS/c13-11(12-7-4-8-14-12)9-10-5-2-1-3-6-10/h4,7-8,10-11H,1-3,5-6,9,13H2. The molecule has 0 saturated heterocycles. The van der Waals surface area contributed by atoms with Crippen LogP contribution in [0.1, 0.15) is 49.4 Å². The first-order chi connectivity index (χ1) is 6.86. The van der Waals surface area contributed by atoms with E-state index in [1.54, 1.807) is 11.3 Å². The molecule has 1 aliphatic carbocycles. The molecular formula is C12H19NS. The zero-order valence-corrected chi connectivity index (χ0v) is 9.43. The van der Waals surface area contributed by atoms with Crippen molar-refractivity contribution in [1.82, 2.24) is 0 Å². The first kappa shape index (κ1) is 10.2. The molecule has 1 aromatic heterocycles. The van der Waals surface area contributed by atoms with Crippen LogP contribution in [0.15, 0.2) is 17.5 Å². The summed E-state index contributed by atoms with van der Waals surface area (Å²) in [5.41, 5.74) is 6.18. The lowest BCUT2D eigenvalue weighted by molar-refractivity contribution is 0.320. The highest BCUT2D eigenvalue weighted by molar-refractivity contribution is 7.10. The van der Waals surface area contributed by atoms with Gasteiger partial charge >= 0.3 is 0 Å². The zero-order chi connectivity index (χ0) is 9.80. The fourth-order valence-electron chi connectivity index (χ4n) is 2.40. The van der Waals surface area contributed by atoms with Crippen molar-refractivity contribution in [2.24, 2.45) is 11.7 Å². The van der Waals surface area contributed by atoms with Crippen LogP contribution < -0.4 is 5.73 Å². The van der Waals surface area contributed by atoms with Crippen molar-refractivity contribution in [1.29, 1.82) is 0 Å². The minimum atomic E-state index is 0.290. The van der Waals surface area contributed by atoms with Gasteiger partial charge in [0.2, 0.25) is 0 Å². The van der Waals surface area contributed by atoms with E-state index in [4.69, 9.17) is 5.73 Å². The Morgan fingerprint density at radius 1 is 1.36 bits per heavy atom. The van der Waals surface area contributed by atoms with Crippen LogP contribution in [0, 0.1) is 5.92 Å². The van der Waals surface area contributed by atoms with Crippen molar-refractivity contribution in [3.8, 4) is 0 Å². The lowest BCUT2D eigenvalue weighted by Crippen LogP contribution is -2.16. The van der Waals surface area contributed by atoms with Gasteiger partial charge in [0.15, 0.2) is 0 Å². The summed E-state index contributed by atoms with van der Waals surface area (Å²) >= 11 is 1.79. The zero-order valence-electron chi connectivity index (χ0n) is 8.61. The van der Waals surface area contributed by atoms with Crippen LogP contribution in [0.2, 0.25) is 0 Å². The first-order valence-electron chi connectivity index (χ1n) is 5.65. The molecule has 0 spiro atoms. The van der Waals surface area contributed by atoms with Gasteiger partial charge in [0, 0.05) is 10.9 Å². The molecular weight excluding hydrogens is 190 g/mol. The van der Waals surface area contributed by atoms with Crippen LogP contribution in [-0.2, 0) is 0 Å². The van der Waals surface area contributed by atoms with E-state index in [9.17, 15) is 0 Å². The van der Waals surface area contributed by atoms with E-state index in [-0.39, 0.29) is 6.04 Å². The fraction of sp³-hybridized carbons (Fsp3) is 0.667. The van der Waals surface area contributed by atoms with Crippen LogP contribution >= 0.6 is 11.3 Å². The van der Waals surface area contributed by atoms with E-state index < -0.39 is 0 Å². The molecule has 0 aliphatic heterocycles. The Balaban J connectivity index is 1.84. The average molecular weight is 209 g/mol. The van der Waals surface area contributed by atoms with Crippen LogP contribution in [0.5, 0.6) is 0 Å². The van der Waals surface area contributed by atoms with Crippen molar-refractivity contribution < 1.29 is 0 Å². The Labute approximate surface area is 90.3 Å². The molecule has 1 unspecified atom stereocenters. The Morgan fingerprint density at radius 2 is 2.14 bits per heavy atom. The number of nitrogens with two attached hydrogens (primary N) is 1. The second kappa shape index (κ2) is 4.94. The molecule has 1 saturated carbocycles.